The van der Waals surface area contributed by atoms with Gasteiger partial charge in [0.05, 0.1) is 18.3 Å². The minimum Gasteiger partial charge on any atom is -0.359 e. The summed E-state index contributed by atoms with van der Waals surface area (Å²) in [6.45, 7) is 5.16. The number of anilines is 1. The third kappa shape index (κ3) is 4.10. The normalized spacial score (nSPS) is 18.4. The predicted molar refractivity (Wildman–Crippen MR) is 89.7 cm³/mol. The van der Waals surface area contributed by atoms with Gasteiger partial charge in [0.15, 0.2) is 10.1 Å². The second kappa shape index (κ2) is 7.41. The lowest BCUT2D eigenvalue weighted by Crippen LogP contribution is -2.32. The molecule has 1 atom stereocenters. The molecule has 2 aromatic rings. The van der Waals surface area contributed by atoms with Gasteiger partial charge in [0.2, 0.25) is 11.0 Å². The number of rotatable bonds is 6. The third-order valence-electron chi connectivity index (χ3n) is 3.61. The van der Waals surface area contributed by atoms with Crippen LogP contribution in [0.3, 0.4) is 0 Å². The number of aryl methyl sites for hydroxylation is 1. The van der Waals surface area contributed by atoms with Crippen molar-refractivity contribution in [2.45, 2.75) is 37.1 Å². The van der Waals surface area contributed by atoms with Crippen LogP contribution in [0.25, 0.3) is 0 Å². The monoisotopic (exact) mass is 353 g/mol. The highest BCUT2D eigenvalue weighted by Crippen LogP contribution is 2.32. The number of hydrogen-bond donors (Lipinski definition) is 1. The van der Waals surface area contributed by atoms with Gasteiger partial charge in [-0.25, -0.2) is 0 Å². The maximum absolute atomic E-state index is 12.3. The van der Waals surface area contributed by atoms with Crippen LogP contribution in [0.2, 0.25) is 0 Å². The van der Waals surface area contributed by atoms with Gasteiger partial charge in [-0.2, -0.15) is 0 Å². The minimum absolute atomic E-state index is 0.0719. The highest BCUT2D eigenvalue weighted by molar-refractivity contribution is 8.01. The fourth-order valence-corrected chi connectivity index (χ4v) is 4.33. The quantitative estimate of drug-likeness (QED) is 0.631. The molecular weight excluding hydrogens is 334 g/mol. The van der Waals surface area contributed by atoms with Crippen molar-refractivity contribution >= 4 is 34.1 Å². The first-order valence-electron chi connectivity index (χ1n) is 7.59. The number of nitrogens with one attached hydrogen (secondary N) is 1. The maximum Gasteiger partial charge on any atom is 0.240 e. The van der Waals surface area contributed by atoms with Crippen LogP contribution in [0.4, 0.5) is 5.13 Å². The van der Waals surface area contributed by atoms with Crippen molar-refractivity contribution in [3.8, 4) is 0 Å². The van der Waals surface area contributed by atoms with E-state index in [4.69, 9.17) is 4.52 Å². The van der Waals surface area contributed by atoms with Gasteiger partial charge in [-0.1, -0.05) is 35.2 Å². The van der Waals surface area contributed by atoms with Gasteiger partial charge < -0.3 is 4.52 Å². The molecule has 0 bridgehead atoms. The van der Waals surface area contributed by atoms with Crippen LogP contribution in [-0.4, -0.2) is 45.0 Å². The Hall–Kier alpha value is -1.45. The fourth-order valence-electron chi connectivity index (χ4n) is 2.66. The average Bonchev–Trinajstić information content (AvgIpc) is 3.21. The van der Waals surface area contributed by atoms with Gasteiger partial charge in [-0.15, -0.1) is 10.2 Å². The summed E-state index contributed by atoms with van der Waals surface area (Å²) in [4.78, 5) is 14.4. The van der Waals surface area contributed by atoms with E-state index in [0.717, 1.165) is 40.9 Å². The van der Waals surface area contributed by atoms with Gasteiger partial charge in [-0.3, -0.25) is 15.0 Å². The number of likely N-dealkylation sites (tertiary alicyclic amines) is 1. The van der Waals surface area contributed by atoms with E-state index in [1.54, 1.807) is 11.8 Å². The molecular formula is C14H19N5O2S2. The summed E-state index contributed by atoms with van der Waals surface area (Å²) in [7, 11) is 0. The molecule has 3 rings (SSSR count). The molecule has 0 spiro atoms. The van der Waals surface area contributed by atoms with Crippen molar-refractivity contribution in [3.63, 3.8) is 0 Å². The summed E-state index contributed by atoms with van der Waals surface area (Å²) in [5, 5.41) is 15.4. The van der Waals surface area contributed by atoms with Crippen molar-refractivity contribution in [2.75, 3.05) is 24.2 Å². The number of carbonyl (C=O) groups excluding carboxylic acids is 1. The Morgan fingerprint density at radius 3 is 3.17 bits per heavy atom. The lowest BCUT2D eigenvalue weighted by molar-refractivity contribution is -0.117. The van der Waals surface area contributed by atoms with E-state index in [2.05, 4.69) is 32.5 Å². The smallest absolute Gasteiger partial charge is 0.240 e. The van der Waals surface area contributed by atoms with Gasteiger partial charge in [-0.05, 0) is 32.1 Å². The summed E-state index contributed by atoms with van der Waals surface area (Å²) in [5.41, 5.74) is 0.867. The van der Waals surface area contributed by atoms with E-state index in [-0.39, 0.29) is 11.9 Å². The molecule has 1 aliphatic rings. The number of amides is 1. The van der Waals surface area contributed by atoms with Crippen LogP contribution >= 0.6 is 23.1 Å². The molecule has 9 heteroatoms. The Balaban J connectivity index is 1.58. The van der Waals surface area contributed by atoms with Gasteiger partial charge >= 0.3 is 0 Å². The van der Waals surface area contributed by atoms with Crippen LogP contribution in [0.15, 0.2) is 14.9 Å². The van der Waals surface area contributed by atoms with Crippen LogP contribution in [-0.2, 0) is 4.79 Å². The predicted octanol–water partition coefficient (Wildman–Crippen LogP) is 2.72. The molecule has 1 amide bonds. The molecule has 3 heterocycles. The molecule has 0 aromatic carbocycles. The zero-order valence-corrected chi connectivity index (χ0v) is 14.7. The summed E-state index contributed by atoms with van der Waals surface area (Å²) in [6.07, 6.45) is 2.03. The van der Waals surface area contributed by atoms with Crippen molar-refractivity contribution in [1.82, 2.24) is 20.3 Å². The number of aromatic nitrogens is 3. The molecule has 0 radical (unpaired) electrons. The molecule has 23 heavy (non-hydrogen) atoms. The molecule has 7 nitrogen and oxygen atoms in total. The number of nitrogens with zero attached hydrogens (tertiary/aromatic N) is 4. The van der Waals surface area contributed by atoms with Crippen LogP contribution < -0.4 is 5.32 Å². The van der Waals surface area contributed by atoms with E-state index in [0.29, 0.717) is 11.7 Å². The Kier molecular flexibility index (Phi) is 5.29. The van der Waals surface area contributed by atoms with Crippen LogP contribution in [0.5, 0.6) is 0 Å². The zero-order chi connectivity index (χ0) is 16.2. The zero-order valence-electron chi connectivity index (χ0n) is 13.1. The lowest BCUT2D eigenvalue weighted by atomic mass is 10.1. The summed E-state index contributed by atoms with van der Waals surface area (Å²) < 4.78 is 6.24. The highest BCUT2D eigenvalue weighted by Gasteiger charge is 2.30. The fraction of sp³-hybridized carbons (Fsp3) is 0.571. The second-order valence-corrected chi connectivity index (χ2v) is 7.84. The Bertz CT molecular complexity index is 672. The third-order valence-corrected chi connectivity index (χ3v) is 5.46. The van der Waals surface area contributed by atoms with E-state index < -0.39 is 0 Å². The summed E-state index contributed by atoms with van der Waals surface area (Å²) in [6, 6.07) is 2.07. The van der Waals surface area contributed by atoms with E-state index in [1.165, 1.54) is 11.3 Å². The van der Waals surface area contributed by atoms with Crippen molar-refractivity contribution in [1.29, 1.82) is 0 Å². The number of thioether (sulfide) groups is 1. The lowest BCUT2D eigenvalue weighted by Gasteiger charge is -2.21. The Labute approximate surface area is 142 Å². The van der Waals surface area contributed by atoms with Crippen molar-refractivity contribution in [2.24, 2.45) is 0 Å². The summed E-state index contributed by atoms with van der Waals surface area (Å²) in [5.74, 6) is 1.71. The standard InChI is InChI=1S/C14H19N5O2S2/c1-3-22-14-17-16-13(23-14)15-12(20)8-19-6-4-5-10(19)11-7-9(2)18-21-11/h7,10H,3-6,8H2,1-2H3,(H,15,16,20). The molecule has 1 N–H and O–H groups in total. The molecule has 0 aliphatic carbocycles. The molecule has 1 unspecified atom stereocenters. The molecule has 1 aliphatic heterocycles. The van der Waals surface area contributed by atoms with E-state index >= 15 is 0 Å². The Morgan fingerprint density at radius 2 is 2.43 bits per heavy atom. The minimum atomic E-state index is -0.0719. The SMILES string of the molecule is CCSc1nnc(NC(=O)CN2CCCC2c2cc(C)no2)s1. The first kappa shape index (κ1) is 16.4. The van der Waals surface area contributed by atoms with Crippen molar-refractivity contribution < 1.29 is 9.32 Å². The van der Waals surface area contributed by atoms with E-state index in [1.807, 2.05) is 13.0 Å². The molecule has 1 fully saturated rings. The van der Waals surface area contributed by atoms with E-state index in [9.17, 15) is 4.79 Å². The number of hydrogen-bond acceptors (Lipinski definition) is 8. The van der Waals surface area contributed by atoms with Gasteiger partial charge in [0.25, 0.3) is 0 Å². The topological polar surface area (TPSA) is 84.2 Å². The number of carbonyl (C=O) groups is 1. The van der Waals surface area contributed by atoms with Crippen molar-refractivity contribution in [3.05, 3.63) is 17.5 Å². The first-order chi connectivity index (χ1) is 11.2. The highest BCUT2D eigenvalue weighted by atomic mass is 32.2. The van der Waals surface area contributed by atoms with Gasteiger partial charge in [0, 0.05) is 6.07 Å². The molecule has 0 saturated carbocycles. The second-order valence-electron chi connectivity index (χ2n) is 5.35. The largest absolute Gasteiger partial charge is 0.359 e. The maximum atomic E-state index is 12.3. The Morgan fingerprint density at radius 1 is 1.57 bits per heavy atom. The average molecular weight is 353 g/mol. The van der Waals surface area contributed by atoms with Gasteiger partial charge in [0.1, 0.15) is 0 Å². The summed E-state index contributed by atoms with van der Waals surface area (Å²) >= 11 is 3.03. The molecule has 2 aromatic heterocycles. The van der Waals surface area contributed by atoms with Crippen LogP contribution in [0, 0.1) is 6.92 Å². The first-order valence-corrected chi connectivity index (χ1v) is 9.39. The van der Waals surface area contributed by atoms with Crippen LogP contribution in [0.1, 0.15) is 37.3 Å². The molecule has 124 valence electrons. The molecule has 1 saturated heterocycles.